The highest BCUT2D eigenvalue weighted by molar-refractivity contribution is 7.99. The van der Waals surface area contributed by atoms with Crippen molar-refractivity contribution in [3.63, 3.8) is 0 Å². The first-order chi connectivity index (χ1) is 18.5. The number of carbonyl (C=O) groups excluding carboxylic acids is 1. The maximum absolute atomic E-state index is 12.4. The van der Waals surface area contributed by atoms with Crippen molar-refractivity contribution in [1.29, 1.82) is 0 Å². The Labute approximate surface area is 229 Å². The second-order valence-electron chi connectivity index (χ2n) is 9.72. The van der Waals surface area contributed by atoms with E-state index in [1.54, 1.807) is 25.1 Å². The molecule has 3 heterocycles. The van der Waals surface area contributed by atoms with Gasteiger partial charge in [-0.1, -0.05) is 0 Å². The molecule has 0 bridgehead atoms. The highest BCUT2D eigenvalue weighted by Crippen LogP contribution is 2.31. The van der Waals surface area contributed by atoms with Crippen LogP contribution in [0.1, 0.15) is 39.0 Å². The minimum atomic E-state index is -4.56. The molecule has 2 aromatic rings. The molecule has 0 atom stereocenters. The van der Waals surface area contributed by atoms with Crippen LogP contribution in [-0.4, -0.2) is 65.0 Å². The number of nitrogens with zero attached hydrogens (tertiary/aromatic N) is 5. The highest BCUT2D eigenvalue weighted by atomic mass is 32.2. The van der Waals surface area contributed by atoms with E-state index in [1.165, 1.54) is 49.8 Å². The maximum atomic E-state index is 12.4. The monoisotopic (exact) mass is 562 g/mol. The lowest BCUT2D eigenvalue weighted by atomic mass is 10.0. The van der Waals surface area contributed by atoms with Gasteiger partial charge in [-0.3, -0.25) is 4.79 Å². The number of allylic oxidation sites excluding steroid dienone is 1. The SMILES string of the molecule is CC(N)=CC(N)=Nc1cc(N2CCC(N3CCCC3)CC2)nc(Sc2ccc(NC(=O)CC(F)(F)F)cc2)n1. The molecule has 0 spiro atoms. The minimum Gasteiger partial charge on any atom is -0.402 e. The van der Waals surface area contributed by atoms with Crippen LogP contribution in [0.15, 0.2) is 57.1 Å². The number of aliphatic imine (C=N–C) groups is 1. The number of nitrogens with one attached hydrogen (secondary N) is 1. The molecule has 2 saturated heterocycles. The summed E-state index contributed by atoms with van der Waals surface area (Å²) in [4.78, 5) is 30.9. The lowest BCUT2D eigenvalue weighted by Crippen LogP contribution is -2.44. The number of hydrogen-bond acceptors (Lipinski definition) is 8. The number of anilines is 2. The van der Waals surface area contributed by atoms with Gasteiger partial charge in [0.05, 0.1) is 0 Å². The summed E-state index contributed by atoms with van der Waals surface area (Å²) in [7, 11) is 0. The lowest BCUT2D eigenvalue weighted by molar-refractivity contribution is -0.150. The zero-order valence-corrected chi connectivity index (χ0v) is 22.6. The number of hydrogen-bond donors (Lipinski definition) is 3. The molecular formula is C26H33F3N8OS. The van der Waals surface area contributed by atoms with E-state index < -0.39 is 18.5 Å². The largest absolute Gasteiger partial charge is 0.402 e. The third-order valence-electron chi connectivity index (χ3n) is 6.45. The highest BCUT2D eigenvalue weighted by Gasteiger charge is 2.31. The predicted octanol–water partition coefficient (Wildman–Crippen LogP) is 4.43. The molecule has 0 saturated carbocycles. The Morgan fingerprint density at radius 2 is 1.79 bits per heavy atom. The third-order valence-corrected chi connectivity index (χ3v) is 7.32. The minimum absolute atomic E-state index is 0.224. The third kappa shape index (κ3) is 8.85. The van der Waals surface area contributed by atoms with Crippen molar-refractivity contribution in [2.75, 3.05) is 36.4 Å². The van der Waals surface area contributed by atoms with Gasteiger partial charge in [-0.05, 0) is 87.8 Å². The molecule has 9 nitrogen and oxygen atoms in total. The van der Waals surface area contributed by atoms with Crippen LogP contribution < -0.4 is 21.7 Å². The van der Waals surface area contributed by atoms with Crippen molar-refractivity contribution in [3.8, 4) is 0 Å². The number of rotatable bonds is 8. The number of carbonyl (C=O) groups is 1. The Balaban J connectivity index is 1.50. The van der Waals surface area contributed by atoms with E-state index in [4.69, 9.17) is 16.5 Å². The van der Waals surface area contributed by atoms with Gasteiger partial charge in [0.2, 0.25) is 5.91 Å². The first-order valence-corrected chi connectivity index (χ1v) is 13.7. The summed E-state index contributed by atoms with van der Waals surface area (Å²) in [6.07, 6.45) is 0.120. The molecule has 13 heteroatoms. The van der Waals surface area contributed by atoms with E-state index in [9.17, 15) is 18.0 Å². The summed E-state index contributed by atoms with van der Waals surface area (Å²) in [6.45, 7) is 5.81. The van der Waals surface area contributed by atoms with Gasteiger partial charge < -0.3 is 26.6 Å². The van der Waals surface area contributed by atoms with Crippen molar-refractivity contribution in [2.24, 2.45) is 16.5 Å². The molecule has 2 aliphatic heterocycles. The average Bonchev–Trinajstić information content (AvgIpc) is 3.39. The summed E-state index contributed by atoms with van der Waals surface area (Å²) >= 11 is 1.28. The molecule has 1 aromatic heterocycles. The predicted molar refractivity (Wildman–Crippen MR) is 147 cm³/mol. The van der Waals surface area contributed by atoms with Gasteiger partial charge in [0.15, 0.2) is 11.0 Å². The normalized spacial score (nSPS) is 18.0. The van der Waals surface area contributed by atoms with Crippen LogP contribution in [0.3, 0.4) is 0 Å². The van der Waals surface area contributed by atoms with Gasteiger partial charge in [0.1, 0.15) is 18.1 Å². The molecule has 39 heavy (non-hydrogen) atoms. The van der Waals surface area contributed by atoms with Crippen molar-refractivity contribution < 1.29 is 18.0 Å². The fraction of sp³-hybridized carbons (Fsp3) is 0.462. The molecule has 1 aromatic carbocycles. The van der Waals surface area contributed by atoms with Gasteiger partial charge in [-0.15, -0.1) is 0 Å². The van der Waals surface area contributed by atoms with Crippen molar-refractivity contribution >= 4 is 40.8 Å². The standard InChI is InChI=1S/C26H33F3N8OS/c1-17(30)14-21(31)33-22-15-23(37-12-8-19(9-13-37)36-10-2-3-11-36)35-25(34-22)39-20-6-4-18(5-7-20)32-24(38)16-26(27,28)29/h4-7,14-15,19H,2-3,8-13,16,30H2,1H3,(H,32,38)(H2,31,33,34,35). The molecule has 5 N–H and O–H groups in total. The van der Waals surface area contributed by atoms with Crippen LogP contribution in [0.5, 0.6) is 0 Å². The van der Waals surface area contributed by atoms with Gasteiger partial charge in [0, 0.05) is 41.5 Å². The smallest absolute Gasteiger partial charge is 0.397 e. The van der Waals surface area contributed by atoms with E-state index in [0.717, 1.165) is 36.6 Å². The molecule has 1 amide bonds. The number of piperidine rings is 1. The first kappa shape index (κ1) is 28.7. The Hall–Kier alpha value is -3.32. The number of alkyl halides is 3. The van der Waals surface area contributed by atoms with Crippen LogP contribution in [0.2, 0.25) is 0 Å². The quantitative estimate of drug-likeness (QED) is 0.245. The maximum Gasteiger partial charge on any atom is 0.397 e. The number of nitrogens with two attached hydrogens (primary N) is 2. The van der Waals surface area contributed by atoms with Crippen LogP contribution in [0, 0.1) is 0 Å². The molecule has 0 unspecified atom stereocenters. The van der Waals surface area contributed by atoms with Gasteiger partial charge in [-0.2, -0.15) is 13.2 Å². The van der Waals surface area contributed by atoms with Crippen LogP contribution in [0.4, 0.5) is 30.5 Å². The second kappa shape index (κ2) is 12.7. The Kier molecular flexibility index (Phi) is 9.33. The van der Waals surface area contributed by atoms with E-state index >= 15 is 0 Å². The van der Waals surface area contributed by atoms with Crippen LogP contribution in [-0.2, 0) is 4.79 Å². The molecule has 210 valence electrons. The summed E-state index contributed by atoms with van der Waals surface area (Å²) in [6, 6.07) is 8.85. The summed E-state index contributed by atoms with van der Waals surface area (Å²) in [5.41, 5.74) is 12.5. The van der Waals surface area contributed by atoms with Crippen LogP contribution in [0.25, 0.3) is 0 Å². The van der Waals surface area contributed by atoms with E-state index in [-0.39, 0.29) is 11.5 Å². The second-order valence-corrected chi connectivity index (χ2v) is 10.8. The zero-order valence-electron chi connectivity index (χ0n) is 21.7. The summed E-state index contributed by atoms with van der Waals surface area (Å²) in [5.74, 6) is 0.259. The average molecular weight is 563 g/mol. The topological polar surface area (TPSA) is 126 Å². The molecule has 0 aliphatic carbocycles. The first-order valence-electron chi connectivity index (χ1n) is 12.8. The molecule has 0 radical (unpaired) electrons. The zero-order chi connectivity index (χ0) is 28.0. The van der Waals surface area contributed by atoms with E-state index in [2.05, 4.69) is 25.1 Å². The Morgan fingerprint density at radius 3 is 2.41 bits per heavy atom. The number of aromatic nitrogens is 2. The van der Waals surface area contributed by atoms with E-state index in [1.807, 2.05) is 6.07 Å². The van der Waals surface area contributed by atoms with Gasteiger partial charge in [0.25, 0.3) is 0 Å². The lowest BCUT2D eigenvalue weighted by Gasteiger charge is -2.37. The van der Waals surface area contributed by atoms with Gasteiger partial charge in [-0.25, -0.2) is 15.0 Å². The van der Waals surface area contributed by atoms with Crippen molar-refractivity contribution in [1.82, 2.24) is 14.9 Å². The number of halogens is 3. The fourth-order valence-corrected chi connectivity index (χ4v) is 5.49. The summed E-state index contributed by atoms with van der Waals surface area (Å²) in [5, 5.41) is 2.70. The number of amides is 1. The fourth-order valence-electron chi connectivity index (χ4n) is 4.73. The number of amidine groups is 1. The molecular weight excluding hydrogens is 529 g/mol. The number of likely N-dealkylation sites (tertiary alicyclic amines) is 1. The Bertz CT molecular complexity index is 1200. The van der Waals surface area contributed by atoms with Gasteiger partial charge >= 0.3 is 6.18 Å². The molecule has 2 aliphatic rings. The molecule has 4 rings (SSSR count). The van der Waals surface area contributed by atoms with E-state index in [0.29, 0.717) is 22.7 Å². The Morgan fingerprint density at radius 1 is 1.13 bits per heavy atom. The van der Waals surface area contributed by atoms with Crippen LogP contribution >= 0.6 is 11.8 Å². The summed E-state index contributed by atoms with van der Waals surface area (Å²) < 4.78 is 37.3. The number of benzene rings is 1. The van der Waals surface area contributed by atoms with Crippen molar-refractivity contribution in [2.45, 2.75) is 61.3 Å². The van der Waals surface area contributed by atoms with Crippen molar-refractivity contribution in [3.05, 3.63) is 42.1 Å². The molecule has 2 fully saturated rings.